The molecule has 1 heterocycles. The summed E-state index contributed by atoms with van der Waals surface area (Å²) in [6.45, 7) is -0.311. The second-order valence-electron chi connectivity index (χ2n) is 6.70. The second-order valence-corrected chi connectivity index (χ2v) is 7.06. The molecule has 0 bridgehead atoms. The van der Waals surface area contributed by atoms with E-state index in [1.54, 1.807) is 31.2 Å². The first-order valence-corrected chi connectivity index (χ1v) is 10.2. The number of nitrogens with zero attached hydrogens (tertiary/aromatic N) is 4. The van der Waals surface area contributed by atoms with Crippen molar-refractivity contribution in [2.45, 2.75) is 19.8 Å². The molecule has 0 spiro atoms. The van der Waals surface area contributed by atoms with Crippen LogP contribution in [0.1, 0.15) is 45.6 Å². The third kappa shape index (κ3) is 5.50. The van der Waals surface area contributed by atoms with Gasteiger partial charge in [0.05, 0.1) is 35.0 Å². The van der Waals surface area contributed by atoms with Gasteiger partial charge in [-0.05, 0) is 55.8 Å². The molecule has 0 saturated heterocycles. The van der Waals surface area contributed by atoms with E-state index >= 15 is 0 Å². The fourth-order valence-corrected chi connectivity index (χ4v) is 3.13. The summed E-state index contributed by atoms with van der Waals surface area (Å²) in [6.07, 6.45) is 0.614. The van der Waals surface area contributed by atoms with Crippen molar-refractivity contribution in [3.8, 4) is 6.07 Å². The molecule has 0 saturated carbocycles. The third-order valence-electron chi connectivity index (χ3n) is 4.47. The SMILES string of the molecule is [2H]C([2H])([2H])n1c(C(Cl)=Nc2ccc(C#N)cc2)nc2cc(C(=O)NCCCC(=O)OCC)ccc21. The molecule has 9 heteroatoms. The zero-order valence-electron chi connectivity index (χ0n) is 20.3. The first kappa shape index (κ1) is 19.0. The van der Waals surface area contributed by atoms with Gasteiger partial charge in [0.1, 0.15) is 0 Å². The summed E-state index contributed by atoms with van der Waals surface area (Å²) in [6, 6.07) is 12.7. The van der Waals surface area contributed by atoms with Crippen molar-refractivity contribution in [1.82, 2.24) is 14.9 Å². The van der Waals surface area contributed by atoms with Gasteiger partial charge in [-0.2, -0.15) is 5.26 Å². The minimum atomic E-state index is -2.61. The number of fused-ring (bicyclic) bond motifs is 1. The van der Waals surface area contributed by atoms with Gasteiger partial charge in [0.2, 0.25) is 0 Å². The van der Waals surface area contributed by atoms with E-state index in [0.717, 1.165) is 4.57 Å². The predicted molar refractivity (Wildman–Crippen MR) is 122 cm³/mol. The molecule has 0 radical (unpaired) electrons. The van der Waals surface area contributed by atoms with Crippen LogP contribution in [0.5, 0.6) is 0 Å². The zero-order valence-corrected chi connectivity index (χ0v) is 18.0. The number of aryl methyl sites for hydroxylation is 1. The number of nitriles is 1. The smallest absolute Gasteiger partial charge is 0.305 e. The van der Waals surface area contributed by atoms with Crippen LogP contribution in [-0.4, -0.2) is 39.8 Å². The van der Waals surface area contributed by atoms with Crippen LogP contribution in [0.2, 0.25) is 0 Å². The number of aromatic nitrogens is 2. The van der Waals surface area contributed by atoms with Crippen molar-refractivity contribution in [1.29, 1.82) is 5.26 Å². The number of esters is 1. The maximum Gasteiger partial charge on any atom is 0.305 e. The summed E-state index contributed by atoms with van der Waals surface area (Å²) < 4.78 is 29.7. The fraction of sp³-hybridized carbons (Fsp3) is 0.261. The Morgan fingerprint density at radius 3 is 2.78 bits per heavy atom. The lowest BCUT2D eigenvalue weighted by atomic mass is 10.2. The Bertz CT molecular complexity index is 1310. The standard InChI is InChI=1S/C23H22ClN5O3/c1-3-32-20(30)5-4-12-26-23(31)16-8-11-19-18(13-16)28-22(29(19)2)21(24)27-17-9-6-15(14-25)7-10-17/h6-11,13H,3-5,12H2,1-2H3,(H,26,31)/i2D3. The molecule has 3 aromatic rings. The van der Waals surface area contributed by atoms with Gasteiger partial charge in [-0.1, -0.05) is 11.6 Å². The summed E-state index contributed by atoms with van der Waals surface area (Å²) in [4.78, 5) is 32.5. The highest BCUT2D eigenvalue weighted by Crippen LogP contribution is 2.21. The Kier molecular flexibility index (Phi) is 6.27. The highest BCUT2D eigenvalue weighted by atomic mass is 35.5. The molecular weight excluding hydrogens is 430 g/mol. The van der Waals surface area contributed by atoms with E-state index in [2.05, 4.69) is 15.3 Å². The number of rotatable bonds is 8. The van der Waals surface area contributed by atoms with Gasteiger partial charge in [0.15, 0.2) is 11.0 Å². The van der Waals surface area contributed by atoms with Crippen LogP contribution < -0.4 is 5.32 Å². The molecule has 1 N–H and O–H groups in total. The van der Waals surface area contributed by atoms with Gasteiger partial charge >= 0.3 is 5.97 Å². The monoisotopic (exact) mass is 454 g/mol. The van der Waals surface area contributed by atoms with Crippen LogP contribution in [0, 0.1) is 11.3 Å². The van der Waals surface area contributed by atoms with E-state index < -0.39 is 12.9 Å². The number of imidazole rings is 1. The number of hydrogen-bond donors (Lipinski definition) is 1. The quantitative estimate of drug-likeness (QED) is 0.316. The van der Waals surface area contributed by atoms with E-state index in [4.69, 9.17) is 25.7 Å². The lowest BCUT2D eigenvalue weighted by Crippen LogP contribution is -2.25. The van der Waals surface area contributed by atoms with Gasteiger partial charge in [-0.25, -0.2) is 9.98 Å². The Morgan fingerprint density at radius 2 is 2.09 bits per heavy atom. The molecule has 0 unspecified atom stereocenters. The molecule has 2 aromatic carbocycles. The summed E-state index contributed by atoms with van der Waals surface area (Å²) in [5.74, 6) is -0.804. The number of ether oxygens (including phenoxy) is 1. The first-order valence-electron chi connectivity index (χ1n) is 11.4. The molecule has 0 atom stereocenters. The topological polar surface area (TPSA) is 109 Å². The van der Waals surface area contributed by atoms with Crippen molar-refractivity contribution in [2.24, 2.45) is 12.0 Å². The summed E-state index contributed by atoms with van der Waals surface area (Å²) in [5, 5.41) is 11.5. The molecule has 8 nitrogen and oxygen atoms in total. The van der Waals surface area contributed by atoms with Crippen molar-refractivity contribution in [3.63, 3.8) is 0 Å². The van der Waals surface area contributed by atoms with Crippen molar-refractivity contribution in [2.75, 3.05) is 13.2 Å². The van der Waals surface area contributed by atoms with Crippen LogP contribution >= 0.6 is 11.6 Å². The van der Waals surface area contributed by atoms with Crippen molar-refractivity contribution >= 4 is 45.4 Å². The Hall–Kier alpha value is -3.70. The van der Waals surface area contributed by atoms with Crippen molar-refractivity contribution < 1.29 is 18.4 Å². The van der Waals surface area contributed by atoms with Crippen LogP contribution in [0.15, 0.2) is 47.5 Å². The fourth-order valence-electron chi connectivity index (χ4n) is 2.90. The number of carbonyl (C=O) groups is 2. The molecule has 0 aliphatic rings. The predicted octanol–water partition coefficient (Wildman–Crippen LogP) is 3.84. The van der Waals surface area contributed by atoms with Gasteiger partial charge in [-0.15, -0.1) is 0 Å². The third-order valence-corrected chi connectivity index (χ3v) is 4.73. The molecule has 1 aromatic heterocycles. The highest BCUT2D eigenvalue weighted by Gasteiger charge is 2.15. The lowest BCUT2D eigenvalue weighted by Gasteiger charge is -2.05. The molecular formula is C23H22ClN5O3. The molecule has 164 valence electrons. The summed E-state index contributed by atoms with van der Waals surface area (Å²) in [5.41, 5.74) is 1.65. The first-order chi connectivity index (χ1) is 16.6. The number of hydrogen-bond acceptors (Lipinski definition) is 6. The van der Waals surface area contributed by atoms with E-state index in [1.807, 2.05) is 6.07 Å². The minimum Gasteiger partial charge on any atom is -0.466 e. The van der Waals surface area contributed by atoms with E-state index in [0.29, 0.717) is 24.3 Å². The Morgan fingerprint density at radius 1 is 1.31 bits per heavy atom. The molecule has 1 amide bonds. The van der Waals surface area contributed by atoms with Crippen LogP contribution in [0.4, 0.5) is 5.69 Å². The van der Waals surface area contributed by atoms with Gasteiger partial charge in [0, 0.05) is 29.6 Å². The Balaban J connectivity index is 1.87. The van der Waals surface area contributed by atoms with E-state index in [9.17, 15) is 9.59 Å². The number of halogens is 1. The number of nitrogens with one attached hydrogen (secondary N) is 1. The largest absolute Gasteiger partial charge is 0.466 e. The molecule has 0 fully saturated rings. The lowest BCUT2D eigenvalue weighted by molar-refractivity contribution is -0.143. The maximum absolute atomic E-state index is 12.5. The number of amides is 1. The maximum atomic E-state index is 12.5. The normalized spacial score (nSPS) is 13.0. The van der Waals surface area contributed by atoms with E-state index in [1.165, 1.54) is 18.2 Å². The highest BCUT2D eigenvalue weighted by molar-refractivity contribution is 6.69. The summed E-state index contributed by atoms with van der Waals surface area (Å²) in [7, 11) is 0. The van der Waals surface area contributed by atoms with E-state index in [-0.39, 0.29) is 46.5 Å². The van der Waals surface area contributed by atoms with Crippen LogP contribution in [0.25, 0.3) is 11.0 Å². The number of carbonyl (C=O) groups excluding carboxylic acids is 2. The molecule has 0 aliphatic heterocycles. The van der Waals surface area contributed by atoms with Crippen LogP contribution in [-0.2, 0) is 16.5 Å². The van der Waals surface area contributed by atoms with Crippen molar-refractivity contribution in [3.05, 3.63) is 59.4 Å². The average Bonchev–Trinajstić information content (AvgIpc) is 3.22. The number of aliphatic imine (C=N–C) groups is 1. The van der Waals surface area contributed by atoms with Gasteiger partial charge in [-0.3, -0.25) is 9.59 Å². The minimum absolute atomic E-state index is 0.0852. The molecule has 3 rings (SSSR count). The van der Waals surface area contributed by atoms with Crippen LogP contribution in [0.3, 0.4) is 0 Å². The second kappa shape index (κ2) is 10.6. The molecule has 32 heavy (non-hydrogen) atoms. The zero-order chi connectivity index (χ0) is 25.6. The number of benzene rings is 2. The Labute approximate surface area is 194 Å². The van der Waals surface area contributed by atoms with Gasteiger partial charge in [0.25, 0.3) is 5.91 Å². The summed E-state index contributed by atoms with van der Waals surface area (Å²) >= 11 is 6.37. The molecule has 0 aliphatic carbocycles. The van der Waals surface area contributed by atoms with Gasteiger partial charge < -0.3 is 14.6 Å². The average molecular weight is 455 g/mol.